The summed E-state index contributed by atoms with van der Waals surface area (Å²) in [5.41, 5.74) is 1.54. The minimum atomic E-state index is -0.859. The van der Waals surface area contributed by atoms with Gasteiger partial charge >= 0.3 is 0 Å². The van der Waals surface area contributed by atoms with E-state index in [2.05, 4.69) is 13.2 Å². The average molecular weight is 636 g/mol. The van der Waals surface area contributed by atoms with Gasteiger partial charge in [-0.2, -0.15) is 0 Å². The number of carbonyl (C=O) groups is 3. The van der Waals surface area contributed by atoms with E-state index in [1.807, 2.05) is 56.3 Å². The fourth-order valence-corrected chi connectivity index (χ4v) is 9.95. The van der Waals surface area contributed by atoms with E-state index in [9.17, 15) is 19.5 Å². The third-order valence-corrected chi connectivity index (χ3v) is 11.5. The van der Waals surface area contributed by atoms with E-state index >= 15 is 0 Å². The van der Waals surface area contributed by atoms with Gasteiger partial charge in [-0.05, 0) is 42.9 Å². The van der Waals surface area contributed by atoms with Crippen molar-refractivity contribution in [3.8, 4) is 0 Å². The number of aliphatic hydroxyl groups is 1. The van der Waals surface area contributed by atoms with Crippen LogP contribution < -0.4 is 4.90 Å². The first-order valence-electron chi connectivity index (χ1n) is 15.4. The van der Waals surface area contributed by atoms with Crippen LogP contribution in [0.5, 0.6) is 0 Å². The lowest BCUT2D eigenvalue weighted by Crippen LogP contribution is -2.58. The average Bonchev–Trinajstić information content (AvgIpc) is 3.66. The Morgan fingerprint density at radius 2 is 1.77 bits per heavy atom. The molecular weight excluding hydrogens is 594 g/mol. The van der Waals surface area contributed by atoms with Crippen LogP contribution in [-0.4, -0.2) is 74.4 Å². The van der Waals surface area contributed by atoms with E-state index in [0.717, 1.165) is 12.0 Å². The Morgan fingerprint density at radius 3 is 2.41 bits per heavy atom. The molecule has 1 spiro atoms. The lowest BCUT2D eigenvalue weighted by molar-refractivity contribution is -0.145. The van der Waals surface area contributed by atoms with Gasteiger partial charge in [0.1, 0.15) is 6.04 Å². The quantitative estimate of drug-likeness (QED) is 0.291. The maximum absolute atomic E-state index is 14.9. The number of aliphatic hydroxyl groups excluding tert-OH is 1. The summed E-state index contributed by atoms with van der Waals surface area (Å²) in [6.07, 6.45) is 5.27. The zero-order valence-corrected chi connectivity index (χ0v) is 27.1. The third-order valence-electron chi connectivity index (χ3n) is 9.20. The maximum Gasteiger partial charge on any atom is 0.251 e. The minimum absolute atomic E-state index is 0.0807. The molecule has 3 heterocycles. The van der Waals surface area contributed by atoms with Crippen molar-refractivity contribution in [2.45, 2.75) is 61.7 Å². The van der Waals surface area contributed by atoms with Crippen molar-refractivity contribution in [1.82, 2.24) is 9.80 Å². The lowest BCUT2D eigenvalue weighted by atomic mass is 9.70. The van der Waals surface area contributed by atoms with Gasteiger partial charge in [-0.3, -0.25) is 14.4 Å². The Labute approximate surface area is 269 Å². The van der Waals surface area contributed by atoms with E-state index in [-0.39, 0.29) is 42.0 Å². The Balaban J connectivity index is 1.58. The molecule has 44 heavy (non-hydrogen) atoms. The van der Waals surface area contributed by atoms with Gasteiger partial charge in [0.25, 0.3) is 5.91 Å². The Hall–Kier alpha value is -3.07. The predicted octanol–water partition coefficient (Wildman–Crippen LogP) is 5.57. The minimum Gasteiger partial charge on any atom is -0.394 e. The Kier molecular flexibility index (Phi) is 9.93. The van der Waals surface area contributed by atoms with Crippen molar-refractivity contribution in [3.05, 3.63) is 90.5 Å². The van der Waals surface area contributed by atoms with Gasteiger partial charge in [0.2, 0.25) is 11.8 Å². The molecule has 6 atom stereocenters. The summed E-state index contributed by atoms with van der Waals surface area (Å²) in [6.45, 7) is 12.6. The largest absolute Gasteiger partial charge is 0.394 e. The van der Waals surface area contributed by atoms with Crippen LogP contribution in [0, 0.1) is 17.8 Å². The number of rotatable bonds is 13. The van der Waals surface area contributed by atoms with Gasteiger partial charge in [-0.25, -0.2) is 0 Å². The maximum atomic E-state index is 14.9. The second-order valence-electron chi connectivity index (χ2n) is 12.4. The smallest absolute Gasteiger partial charge is 0.251 e. The number of benzene rings is 2. The highest BCUT2D eigenvalue weighted by atomic mass is 35.5. The van der Waals surface area contributed by atoms with Crippen molar-refractivity contribution < 1.29 is 19.5 Å². The number of para-hydroxylation sites is 1. The van der Waals surface area contributed by atoms with Crippen LogP contribution in [0.2, 0.25) is 5.02 Å². The van der Waals surface area contributed by atoms with Gasteiger partial charge < -0.3 is 19.8 Å². The summed E-state index contributed by atoms with van der Waals surface area (Å²) < 4.78 is -0.795. The number of fused-ring (bicyclic) bond motifs is 1. The summed E-state index contributed by atoms with van der Waals surface area (Å²) in [4.78, 5) is 49.0. The van der Waals surface area contributed by atoms with Gasteiger partial charge in [0.15, 0.2) is 0 Å². The SMILES string of the molecule is C=CCN(Cc1ccccc1)C(=O)[C@@H]1[C@H]2C(=O)N([C@@H](CO)CC(C)C)C(C(=O)N(CC=C)c3ccccc3Cl)C23CC[C@H]1S3. The number of nitrogens with zero attached hydrogens (tertiary/aromatic N) is 3. The molecule has 234 valence electrons. The molecule has 3 fully saturated rings. The Bertz CT molecular complexity index is 1400. The highest BCUT2D eigenvalue weighted by Gasteiger charge is 2.74. The fourth-order valence-electron chi connectivity index (χ4n) is 7.52. The molecule has 9 heteroatoms. The van der Waals surface area contributed by atoms with Crippen molar-refractivity contribution in [2.24, 2.45) is 17.8 Å². The number of hydrogen-bond donors (Lipinski definition) is 1. The third kappa shape index (κ3) is 5.72. The standard InChI is InChI=1S/C35H42ClN3O4S/c1-5-18-37(21-24-12-8-7-9-13-24)32(41)29-28-16-17-35(44-28)30(29)33(42)39(25(22-40)20-23(3)4)31(35)34(43)38(19-6-2)27-15-11-10-14-26(27)36/h5-15,23,25,28-31,40H,1-2,16-22H2,3-4H3/t25-,28-,29+,30+,31?,35?/m1/s1. The van der Waals surface area contributed by atoms with E-state index < -0.39 is 28.7 Å². The van der Waals surface area contributed by atoms with E-state index in [0.29, 0.717) is 36.6 Å². The van der Waals surface area contributed by atoms with Crippen molar-refractivity contribution in [2.75, 3.05) is 24.6 Å². The molecule has 3 saturated heterocycles. The van der Waals surface area contributed by atoms with Gasteiger partial charge in [-0.15, -0.1) is 24.9 Å². The van der Waals surface area contributed by atoms with Gasteiger partial charge in [0.05, 0.1) is 39.9 Å². The molecule has 2 aromatic carbocycles. The molecule has 3 aliphatic rings. The molecule has 0 saturated carbocycles. The van der Waals surface area contributed by atoms with Crippen LogP contribution in [0.4, 0.5) is 5.69 Å². The van der Waals surface area contributed by atoms with Crippen LogP contribution in [0.15, 0.2) is 79.9 Å². The second kappa shape index (κ2) is 13.5. The van der Waals surface area contributed by atoms with Crippen LogP contribution in [0.3, 0.4) is 0 Å². The van der Waals surface area contributed by atoms with Crippen LogP contribution >= 0.6 is 23.4 Å². The first kappa shape index (κ1) is 32.3. The molecule has 0 aliphatic carbocycles. The first-order valence-corrected chi connectivity index (χ1v) is 16.7. The number of anilines is 1. The molecule has 5 rings (SSSR count). The lowest BCUT2D eigenvalue weighted by Gasteiger charge is -2.40. The monoisotopic (exact) mass is 635 g/mol. The van der Waals surface area contributed by atoms with E-state index in [1.165, 1.54) is 0 Å². The van der Waals surface area contributed by atoms with Crippen LogP contribution in [0.25, 0.3) is 0 Å². The van der Waals surface area contributed by atoms with Gasteiger partial charge in [-0.1, -0.05) is 80.1 Å². The van der Waals surface area contributed by atoms with Crippen LogP contribution in [0.1, 0.15) is 38.7 Å². The fraction of sp³-hybridized carbons (Fsp3) is 0.457. The summed E-state index contributed by atoms with van der Waals surface area (Å²) in [7, 11) is 0. The first-order chi connectivity index (χ1) is 21.2. The zero-order chi connectivity index (χ0) is 31.6. The summed E-state index contributed by atoms with van der Waals surface area (Å²) >= 11 is 8.23. The molecule has 3 amide bonds. The normalized spacial score (nSPS) is 26.0. The van der Waals surface area contributed by atoms with Crippen molar-refractivity contribution in [3.63, 3.8) is 0 Å². The molecule has 7 nitrogen and oxygen atoms in total. The van der Waals surface area contributed by atoms with E-state index in [1.54, 1.807) is 50.7 Å². The topological polar surface area (TPSA) is 81.2 Å². The number of amides is 3. The zero-order valence-electron chi connectivity index (χ0n) is 25.5. The van der Waals surface area contributed by atoms with E-state index in [4.69, 9.17) is 11.6 Å². The summed E-state index contributed by atoms with van der Waals surface area (Å²) in [5, 5.41) is 11.0. The molecular formula is C35H42ClN3O4S. The Morgan fingerprint density at radius 1 is 1.09 bits per heavy atom. The number of halogens is 1. The highest BCUT2D eigenvalue weighted by molar-refractivity contribution is 8.02. The molecule has 0 aromatic heterocycles. The molecule has 0 radical (unpaired) electrons. The number of carbonyl (C=O) groups excluding carboxylic acids is 3. The number of hydrogen-bond acceptors (Lipinski definition) is 5. The molecule has 2 bridgehead atoms. The van der Waals surface area contributed by atoms with Crippen molar-refractivity contribution >= 4 is 46.8 Å². The predicted molar refractivity (Wildman–Crippen MR) is 177 cm³/mol. The van der Waals surface area contributed by atoms with Crippen LogP contribution in [-0.2, 0) is 20.9 Å². The second-order valence-corrected chi connectivity index (χ2v) is 14.5. The molecule has 2 aromatic rings. The molecule has 3 aliphatic heterocycles. The summed E-state index contributed by atoms with van der Waals surface area (Å²) in [6, 6.07) is 15.5. The molecule has 1 N–H and O–H groups in total. The number of likely N-dealkylation sites (tertiary alicyclic amines) is 1. The number of thioether (sulfide) groups is 1. The van der Waals surface area contributed by atoms with Gasteiger partial charge in [0, 0.05) is 24.9 Å². The molecule has 2 unspecified atom stereocenters. The summed E-state index contributed by atoms with van der Waals surface area (Å²) in [5.74, 6) is -1.63. The highest BCUT2D eigenvalue weighted by Crippen LogP contribution is 2.67. The van der Waals surface area contributed by atoms with Crippen molar-refractivity contribution in [1.29, 1.82) is 0 Å².